The first-order valence-electron chi connectivity index (χ1n) is 12.6. The van der Waals surface area contributed by atoms with Gasteiger partial charge >= 0.3 is 0 Å². The van der Waals surface area contributed by atoms with Crippen molar-refractivity contribution >= 4 is 16.8 Å². The lowest BCUT2D eigenvalue weighted by Gasteiger charge is -2.54. The molecule has 0 saturated carbocycles. The molecule has 3 fully saturated rings. The summed E-state index contributed by atoms with van der Waals surface area (Å²) in [6.45, 7) is 4.77. The predicted molar refractivity (Wildman–Crippen MR) is 127 cm³/mol. The molecule has 2 bridgehead atoms. The molecule has 1 aromatic carbocycles. The number of benzene rings is 1. The van der Waals surface area contributed by atoms with E-state index in [2.05, 4.69) is 38.8 Å². The number of fused-ring (bicyclic) bond motifs is 7. The van der Waals surface area contributed by atoms with Gasteiger partial charge in [0.15, 0.2) is 0 Å². The zero-order valence-electron chi connectivity index (χ0n) is 19.2. The lowest BCUT2D eigenvalue weighted by molar-refractivity contribution is 0.00153. The van der Waals surface area contributed by atoms with Crippen LogP contribution in [0.15, 0.2) is 42.1 Å². The molecule has 0 radical (unpaired) electrons. The molecule has 32 heavy (non-hydrogen) atoms. The van der Waals surface area contributed by atoms with Gasteiger partial charge in [0.1, 0.15) is 0 Å². The molecule has 0 spiro atoms. The van der Waals surface area contributed by atoms with Crippen LogP contribution in [0.25, 0.3) is 10.9 Å². The van der Waals surface area contributed by atoms with E-state index in [-0.39, 0.29) is 5.91 Å². The van der Waals surface area contributed by atoms with E-state index in [1.165, 1.54) is 45.2 Å². The van der Waals surface area contributed by atoms with E-state index >= 15 is 0 Å². The van der Waals surface area contributed by atoms with Crippen LogP contribution in [0.1, 0.15) is 48.9 Å². The summed E-state index contributed by atoms with van der Waals surface area (Å²) in [5, 5.41) is 1.07. The topological polar surface area (TPSA) is 37.7 Å². The number of piperidine rings is 3. The van der Waals surface area contributed by atoms with Gasteiger partial charge in [0, 0.05) is 55.4 Å². The summed E-state index contributed by atoms with van der Waals surface area (Å²) >= 11 is 0. The average molecular weight is 434 g/mol. The van der Waals surface area contributed by atoms with Crippen molar-refractivity contribution in [1.29, 1.82) is 0 Å². The van der Waals surface area contributed by atoms with Crippen molar-refractivity contribution in [2.24, 2.45) is 11.8 Å². The van der Waals surface area contributed by atoms with E-state index in [4.69, 9.17) is 4.74 Å². The van der Waals surface area contributed by atoms with E-state index in [0.29, 0.717) is 24.5 Å². The molecule has 2 aromatic rings. The standard InChI is InChI=1S/C27H35N3O2/c1-32-15-14-28-13-10-22-23(7-4-9-25(22)28)27(31)30-12-5-6-19-16-20-17-21(26(19)30)18-29-11-3-2-8-24(20)29/h4,7,9-10,13,16,20-21,24,26H,2-3,5-6,8,11-12,14-15,17-18H2,1H3/t20-,21+,24-,26-/m0/s1. The van der Waals surface area contributed by atoms with Gasteiger partial charge in [-0.15, -0.1) is 0 Å². The summed E-state index contributed by atoms with van der Waals surface area (Å²) in [5.41, 5.74) is 3.54. The maximum absolute atomic E-state index is 14.0. The van der Waals surface area contributed by atoms with Crippen LogP contribution in [-0.2, 0) is 11.3 Å². The molecule has 1 aliphatic carbocycles. The highest BCUT2D eigenvalue weighted by Gasteiger charge is 2.47. The Morgan fingerprint density at radius 3 is 3.00 bits per heavy atom. The van der Waals surface area contributed by atoms with Crippen molar-refractivity contribution < 1.29 is 9.53 Å². The Labute approximate surface area is 191 Å². The molecule has 0 unspecified atom stereocenters. The molecule has 1 aromatic heterocycles. The predicted octanol–water partition coefficient (Wildman–Crippen LogP) is 4.32. The van der Waals surface area contributed by atoms with E-state index in [1.54, 1.807) is 12.7 Å². The quantitative estimate of drug-likeness (QED) is 0.674. The summed E-state index contributed by atoms with van der Waals surface area (Å²) < 4.78 is 7.46. The van der Waals surface area contributed by atoms with Gasteiger partial charge in [-0.05, 0) is 68.7 Å². The third-order valence-electron chi connectivity index (χ3n) is 8.50. The number of aromatic nitrogens is 1. The SMILES string of the molecule is COCCn1ccc2c(C(=O)N3CCCC4=C[C@H]5C[C@H](CN6CCCC[C@@H]56)[C@H]43)cccc21. The Bertz CT molecular complexity index is 1040. The summed E-state index contributed by atoms with van der Waals surface area (Å²) in [7, 11) is 1.73. The summed E-state index contributed by atoms with van der Waals surface area (Å²) in [6, 6.07) is 9.33. The van der Waals surface area contributed by atoms with Gasteiger partial charge in [-0.25, -0.2) is 0 Å². The Morgan fingerprint density at radius 2 is 2.09 bits per heavy atom. The summed E-state index contributed by atoms with van der Waals surface area (Å²) in [4.78, 5) is 19.0. The minimum atomic E-state index is 0.218. The number of hydrogen-bond acceptors (Lipinski definition) is 3. The highest BCUT2D eigenvalue weighted by Crippen LogP contribution is 2.45. The molecule has 6 rings (SSSR count). The number of nitrogens with zero attached hydrogens (tertiary/aromatic N) is 3. The van der Waals surface area contributed by atoms with Crippen LogP contribution in [0, 0.1) is 11.8 Å². The minimum absolute atomic E-state index is 0.218. The van der Waals surface area contributed by atoms with Crippen LogP contribution >= 0.6 is 0 Å². The molecule has 5 heteroatoms. The van der Waals surface area contributed by atoms with E-state index < -0.39 is 0 Å². The van der Waals surface area contributed by atoms with Crippen LogP contribution in [-0.4, -0.2) is 65.7 Å². The lowest BCUT2D eigenvalue weighted by atomic mass is 9.68. The number of rotatable bonds is 4. The summed E-state index contributed by atoms with van der Waals surface area (Å²) in [5.74, 6) is 1.51. The smallest absolute Gasteiger partial charge is 0.255 e. The fourth-order valence-corrected chi connectivity index (χ4v) is 7.15. The van der Waals surface area contributed by atoms with Crippen LogP contribution in [0.2, 0.25) is 0 Å². The molecule has 1 amide bonds. The third-order valence-corrected chi connectivity index (χ3v) is 8.50. The van der Waals surface area contributed by atoms with Crippen molar-refractivity contribution in [3.63, 3.8) is 0 Å². The number of likely N-dealkylation sites (tertiary alicyclic amines) is 1. The first-order valence-corrected chi connectivity index (χ1v) is 12.6. The molecular weight excluding hydrogens is 398 g/mol. The van der Waals surface area contributed by atoms with E-state index in [0.717, 1.165) is 42.0 Å². The van der Waals surface area contributed by atoms with E-state index in [1.807, 2.05) is 12.1 Å². The van der Waals surface area contributed by atoms with Gasteiger partial charge < -0.3 is 14.2 Å². The zero-order chi connectivity index (χ0) is 21.7. The van der Waals surface area contributed by atoms with Crippen molar-refractivity contribution in [3.8, 4) is 0 Å². The Kier molecular flexibility index (Phi) is 5.34. The second-order valence-electron chi connectivity index (χ2n) is 10.2. The molecule has 4 heterocycles. The first kappa shape index (κ1) is 20.5. The Balaban J connectivity index is 1.32. The van der Waals surface area contributed by atoms with Gasteiger partial charge in [0.25, 0.3) is 5.91 Å². The molecular formula is C27H35N3O2. The van der Waals surface area contributed by atoms with Crippen LogP contribution in [0.4, 0.5) is 0 Å². The maximum atomic E-state index is 14.0. The fourth-order valence-electron chi connectivity index (χ4n) is 7.15. The lowest BCUT2D eigenvalue weighted by Crippen LogP contribution is -2.60. The highest BCUT2D eigenvalue weighted by molar-refractivity contribution is 6.06. The normalized spacial score (nSPS) is 30.0. The molecule has 5 nitrogen and oxygen atoms in total. The monoisotopic (exact) mass is 433 g/mol. The van der Waals surface area contributed by atoms with E-state index in [9.17, 15) is 4.79 Å². The third kappa shape index (κ3) is 3.32. The molecule has 3 aliphatic heterocycles. The van der Waals surface area contributed by atoms with Crippen LogP contribution in [0.5, 0.6) is 0 Å². The Hall–Kier alpha value is -2.11. The number of methoxy groups -OCH3 is 1. The van der Waals surface area contributed by atoms with Gasteiger partial charge in [-0.1, -0.05) is 24.1 Å². The number of hydrogen-bond donors (Lipinski definition) is 0. The van der Waals surface area contributed by atoms with Gasteiger partial charge in [0.2, 0.25) is 0 Å². The molecule has 3 saturated heterocycles. The number of carbonyl (C=O) groups is 1. The van der Waals surface area contributed by atoms with Crippen molar-refractivity contribution in [1.82, 2.24) is 14.4 Å². The average Bonchev–Trinajstić information content (AvgIpc) is 3.25. The van der Waals surface area contributed by atoms with Crippen molar-refractivity contribution in [3.05, 3.63) is 47.7 Å². The first-order chi connectivity index (χ1) is 15.7. The van der Waals surface area contributed by atoms with Crippen LogP contribution in [0.3, 0.4) is 0 Å². The molecule has 170 valence electrons. The van der Waals surface area contributed by atoms with Crippen molar-refractivity contribution in [2.75, 3.05) is 33.4 Å². The van der Waals surface area contributed by atoms with Gasteiger partial charge in [0.05, 0.1) is 12.6 Å². The van der Waals surface area contributed by atoms with Gasteiger partial charge in [-0.2, -0.15) is 0 Å². The second kappa shape index (κ2) is 8.35. The number of ether oxygens (including phenoxy) is 1. The van der Waals surface area contributed by atoms with Crippen molar-refractivity contribution in [2.45, 2.75) is 57.2 Å². The molecule has 4 atom stereocenters. The zero-order valence-corrected chi connectivity index (χ0v) is 19.2. The largest absolute Gasteiger partial charge is 0.383 e. The summed E-state index contributed by atoms with van der Waals surface area (Å²) in [6.07, 6.45) is 12.3. The molecule has 4 aliphatic rings. The highest BCUT2D eigenvalue weighted by atomic mass is 16.5. The fraction of sp³-hybridized carbons (Fsp3) is 0.593. The molecule has 0 N–H and O–H groups in total. The van der Waals surface area contributed by atoms with Crippen LogP contribution < -0.4 is 0 Å². The number of amides is 1. The second-order valence-corrected chi connectivity index (χ2v) is 10.2. The Morgan fingerprint density at radius 1 is 1.16 bits per heavy atom. The maximum Gasteiger partial charge on any atom is 0.255 e. The minimum Gasteiger partial charge on any atom is -0.383 e. The van der Waals surface area contributed by atoms with Gasteiger partial charge in [-0.3, -0.25) is 9.69 Å². The number of carbonyl (C=O) groups excluding carboxylic acids is 1.